The number of carbonyl (C=O) groups is 1. The first kappa shape index (κ1) is 14.0. The molecule has 0 aliphatic heterocycles. The van der Waals surface area contributed by atoms with E-state index in [2.05, 4.69) is 0 Å². The van der Waals surface area contributed by atoms with Gasteiger partial charge >= 0.3 is 5.97 Å². The van der Waals surface area contributed by atoms with E-state index in [1.807, 2.05) is 13.8 Å². The van der Waals surface area contributed by atoms with E-state index >= 15 is 0 Å². The van der Waals surface area contributed by atoms with E-state index < -0.39 is 5.97 Å². The summed E-state index contributed by atoms with van der Waals surface area (Å²) in [6, 6.07) is 8.14. The lowest BCUT2D eigenvalue weighted by atomic mass is 10.2. The zero-order valence-corrected chi connectivity index (χ0v) is 11.3. The van der Waals surface area contributed by atoms with Crippen LogP contribution >= 0.6 is 0 Å². The fraction of sp³-hybridized carbons (Fsp3) is 0.267. The van der Waals surface area contributed by atoms with Crippen LogP contribution in [0.3, 0.4) is 0 Å². The molecule has 0 spiro atoms. The molecule has 1 N–H and O–H groups in total. The summed E-state index contributed by atoms with van der Waals surface area (Å²) in [5.41, 5.74) is 0.123. The molecular weight excluding hydrogens is 260 g/mol. The van der Waals surface area contributed by atoms with Gasteiger partial charge in [-0.1, -0.05) is 0 Å². The second kappa shape index (κ2) is 6.14. The average molecular weight is 276 g/mol. The SMILES string of the molecule is CC(C)Oc1cc(OCc2ccco2)cc(C(=O)O)c1. The molecule has 2 aromatic rings. The third-order valence-electron chi connectivity index (χ3n) is 2.46. The molecule has 5 nitrogen and oxygen atoms in total. The van der Waals surface area contributed by atoms with Crippen LogP contribution < -0.4 is 9.47 Å². The molecule has 1 aromatic carbocycles. The van der Waals surface area contributed by atoms with Crippen molar-refractivity contribution in [1.82, 2.24) is 0 Å². The predicted molar refractivity (Wildman–Crippen MR) is 72.2 cm³/mol. The second-order valence-corrected chi connectivity index (χ2v) is 4.53. The van der Waals surface area contributed by atoms with Crippen molar-refractivity contribution in [3.05, 3.63) is 47.9 Å². The minimum Gasteiger partial charge on any atom is -0.491 e. The van der Waals surface area contributed by atoms with Gasteiger partial charge < -0.3 is 19.0 Å². The van der Waals surface area contributed by atoms with E-state index in [0.29, 0.717) is 17.3 Å². The van der Waals surface area contributed by atoms with Gasteiger partial charge in [-0.25, -0.2) is 4.79 Å². The van der Waals surface area contributed by atoms with Gasteiger partial charge in [-0.05, 0) is 38.1 Å². The molecule has 5 heteroatoms. The highest BCUT2D eigenvalue weighted by Crippen LogP contribution is 2.24. The largest absolute Gasteiger partial charge is 0.491 e. The summed E-state index contributed by atoms with van der Waals surface area (Å²) in [5, 5.41) is 9.09. The number of rotatable bonds is 6. The monoisotopic (exact) mass is 276 g/mol. The van der Waals surface area contributed by atoms with E-state index in [1.165, 1.54) is 12.1 Å². The third-order valence-corrected chi connectivity index (χ3v) is 2.46. The van der Waals surface area contributed by atoms with E-state index in [0.717, 1.165) is 0 Å². The first-order valence-corrected chi connectivity index (χ1v) is 6.25. The van der Waals surface area contributed by atoms with Crippen LogP contribution in [0.5, 0.6) is 11.5 Å². The molecule has 0 saturated carbocycles. The van der Waals surface area contributed by atoms with Crippen LogP contribution in [0, 0.1) is 0 Å². The van der Waals surface area contributed by atoms with Gasteiger partial charge in [0.1, 0.15) is 23.9 Å². The van der Waals surface area contributed by atoms with Gasteiger partial charge in [-0.15, -0.1) is 0 Å². The van der Waals surface area contributed by atoms with Crippen molar-refractivity contribution >= 4 is 5.97 Å². The summed E-state index contributed by atoms with van der Waals surface area (Å²) < 4.78 is 16.2. The van der Waals surface area contributed by atoms with Crippen molar-refractivity contribution < 1.29 is 23.8 Å². The predicted octanol–water partition coefficient (Wildman–Crippen LogP) is 3.34. The normalized spacial score (nSPS) is 10.6. The molecular formula is C15H16O5. The zero-order valence-electron chi connectivity index (χ0n) is 11.3. The molecule has 0 unspecified atom stereocenters. The van der Waals surface area contributed by atoms with Crippen molar-refractivity contribution in [3.8, 4) is 11.5 Å². The molecule has 1 heterocycles. The summed E-state index contributed by atoms with van der Waals surface area (Å²) in [6.45, 7) is 3.98. The van der Waals surface area contributed by atoms with Gasteiger partial charge in [-0.2, -0.15) is 0 Å². The number of hydrogen-bond donors (Lipinski definition) is 1. The third kappa shape index (κ3) is 3.78. The van der Waals surface area contributed by atoms with Crippen molar-refractivity contribution in [2.45, 2.75) is 26.6 Å². The number of carboxylic acid groups (broad SMARTS) is 1. The Balaban J connectivity index is 2.17. The summed E-state index contributed by atoms with van der Waals surface area (Å²) in [7, 11) is 0. The summed E-state index contributed by atoms with van der Waals surface area (Å²) in [4.78, 5) is 11.1. The number of aromatic carboxylic acids is 1. The molecule has 2 rings (SSSR count). The molecule has 0 aliphatic carbocycles. The van der Waals surface area contributed by atoms with Gasteiger partial charge in [0.2, 0.25) is 0 Å². The topological polar surface area (TPSA) is 68.9 Å². The van der Waals surface area contributed by atoms with Crippen molar-refractivity contribution in [1.29, 1.82) is 0 Å². The number of ether oxygens (including phenoxy) is 2. The lowest BCUT2D eigenvalue weighted by molar-refractivity contribution is 0.0695. The van der Waals surface area contributed by atoms with Crippen LogP contribution in [0.25, 0.3) is 0 Å². The Labute approximate surface area is 116 Å². The first-order valence-electron chi connectivity index (χ1n) is 6.25. The van der Waals surface area contributed by atoms with Crippen LogP contribution in [0.15, 0.2) is 41.0 Å². The smallest absolute Gasteiger partial charge is 0.335 e. The Morgan fingerprint density at radius 2 is 2.05 bits per heavy atom. The van der Waals surface area contributed by atoms with Gasteiger partial charge in [0.25, 0.3) is 0 Å². The van der Waals surface area contributed by atoms with E-state index in [-0.39, 0.29) is 18.3 Å². The second-order valence-electron chi connectivity index (χ2n) is 4.53. The summed E-state index contributed by atoms with van der Waals surface area (Å²) in [6.07, 6.45) is 1.51. The number of carboxylic acids is 1. The lowest BCUT2D eigenvalue weighted by Crippen LogP contribution is -2.07. The van der Waals surface area contributed by atoms with E-state index in [9.17, 15) is 4.79 Å². The molecule has 106 valence electrons. The van der Waals surface area contributed by atoms with Crippen molar-refractivity contribution in [2.75, 3.05) is 0 Å². The standard InChI is InChI=1S/C15H16O5/c1-10(2)20-14-7-11(15(16)17)6-13(8-14)19-9-12-4-3-5-18-12/h3-8,10H,9H2,1-2H3,(H,16,17). The maximum Gasteiger partial charge on any atom is 0.335 e. The number of benzene rings is 1. The number of furan rings is 1. The highest BCUT2D eigenvalue weighted by atomic mass is 16.5. The Kier molecular flexibility index (Phi) is 4.30. The molecule has 0 saturated heterocycles. The lowest BCUT2D eigenvalue weighted by Gasteiger charge is -2.12. The molecule has 0 atom stereocenters. The van der Waals surface area contributed by atoms with Crippen molar-refractivity contribution in [2.24, 2.45) is 0 Å². The van der Waals surface area contributed by atoms with E-state index in [4.69, 9.17) is 19.0 Å². The van der Waals surface area contributed by atoms with Crippen LogP contribution in [0.1, 0.15) is 30.0 Å². The van der Waals surface area contributed by atoms with Crippen molar-refractivity contribution in [3.63, 3.8) is 0 Å². The van der Waals surface area contributed by atoms with Gasteiger partial charge in [0.05, 0.1) is 17.9 Å². The van der Waals surface area contributed by atoms with E-state index in [1.54, 1.807) is 24.5 Å². The first-order chi connectivity index (χ1) is 9.54. The Morgan fingerprint density at radius 1 is 1.30 bits per heavy atom. The molecule has 20 heavy (non-hydrogen) atoms. The average Bonchev–Trinajstić information content (AvgIpc) is 2.88. The molecule has 0 bridgehead atoms. The van der Waals surface area contributed by atoms with Gasteiger partial charge in [0, 0.05) is 6.07 Å². The maximum absolute atomic E-state index is 11.1. The Morgan fingerprint density at radius 3 is 2.65 bits per heavy atom. The van der Waals surface area contributed by atoms with Crippen LogP contribution in [0.2, 0.25) is 0 Å². The van der Waals surface area contributed by atoms with Gasteiger partial charge in [0.15, 0.2) is 0 Å². The summed E-state index contributed by atoms with van der Waals surface area (Å²) in [5.74, 6) is 0.533. The van der Waals surface area contributed by atoms with Crippen LogP contribution in [0.4, 0.5) is 0 Å². The Bertz CT molecular complexity index is 572. The zero-order chi connectivity index (χ0) is 14.5. The summed E-state index contributed by atoms with van der Waals surface area (Å²) >= 11 is 0. The molecule has 0 fully saturated rings. The highest BCUT2D eigenvalue weighted by Gasteiger charge is 2.10. The fourth-order valence-corrected chi connectivity index (χ4v) is 1.67. The molecule has 0 aliphatic rings. The molecule has 0 amide bonds. The van der Waals surface area contributed by atoms with Gasteiger partial charge in [-0.3, -0.25) is 0 Å². The molecule has 0 radical (unpaired) electrons. The minimum absolute atomic E-state index is 0.0445. The quantitative estimate of drug-likeness (QED) is 0.876. The fourth-order valence-electron chi connectivity index (χ4n) is 1.67. The van der Waals surface area contributed by atoms with Crippen LogP contribution in [-0.4, -0.2) is 17.2 Å². The molecule has 1 aromatic heterocycles. The maximum atomic E-state index is 11.1. The highest BCUT2D eigenvalue weighted by molar-refractivity contribution is 5.88. The van der Waals surface area contributed by atoms with Crippen LogP contribution in [-0.2, 0) is 6.61 Å². The minimum atomic E-state index is -1.03. The Hall–Kier alpha value is -2.43. The number of hydrogen-bond acceptors (Lipinski definition) is 4.